The van der Waals surface area contributed by atoms with Gasteiger partial charge in [-0.1, -0.05) is 24.3 Å². The lowest BCUT2D eigenvalue weighted by Crippen LogP contribution is -2.27. The highest BCUT2D eigenvalue weighted by molar-refractivity contribution is 6.04. The number of hydrogen-bond donors (Lipinski definition) is 2. The molecule has 2 aromatic carbocycles. The van der Waals surface area contributed by atoms with Crippen LogP contribution in [0.2, 0.25) is 0 Å². The van der Waals surface area contributed by atoms with Gasteiger partial charge < -0.3 is 15.5 Å². The number of fused-ring (bicyclic) bond motifs is 1. The van der Waals surface area contributed by atoms with E-state index >= 15 is 0 Å². The van der Waals surface area contributed by atoms with Crippen molar-refractivity contribution in [3.63, 3.8) is 0 Å². The summed E-state index contributed by atoms with van der Waals surface area (Å²) in [4.78, 5) is 12.4. The quantitative estimate of drug-likeness (QED) is 0.721. The maximum absolute atomic E-state index is 12.4. The van der Waals surface area contributed by atoms with Crippen molar-refractivity contribution in [1.29, 1.82) is 0 Å². The van der Waals surface area contributed by atoms with Crippen LogP contribution in [-0.4, -0.2) is 5.91 Å². The minimum atomic E-state index is -0.210. The third kappa shape index (κ3) is 2.60. The average Bonchev–Trinajstić information content (AvgIpc) is 3.00. The summed E-state index contributed by atoms with van der Waals surface area (Å²) in [6.45, 7) is 1.87. The van der Waals surface area contributed by atoms with E-state index in [9.17, 15) is 4.79 Å². The molecule has 0 fully saturated rings. The largest absolute Gasteiger partial charge is 0.467 e. The molecule has 1 atom stereocenters. The monoisotopic (exact) mass is 280 g/mol. The molecule has 1 aromatic heterocycles. The zero-order chi connectivity index (χ0) is 14.8. The molecular formula is C17H16N2O2. The smallest absolute Gasteiger partial charge is 0.253 e. The van der Waals surface area contributed by atoms with Gasteiger partial charge in [0.1, 0.15) is 5.76 Å². The number of nitrogen functional groups attached to an aromatic ring is 1. The summed E-state index contributed by atoms with van der Waals surface area (Å²) >= 11 is 0. The molecule has 4 heteroatoms. The van der Waals surface area contributed by atoms with Crippen LogP contribution in [0.1, 0.15) is 29.1 Å². The highest BCUT2D eigenvalue weighted by atomic mass is 16.3. The second kappa shape index (κ2) is 5.32. The maximum Gasteiger partial charge on any atom is 0.253 e. The first-order valence-corrected chi connectivity index (χ1v) is 6.77. The van der Waals surface area contributed by atoms with Crippen molar-refractivity contribution >= 4 is 22.4 Å². The Kier molecular flexibility index (Phi) is 3.36. The topological polar surface area (TPSA) is 68.3 Å². The Morgan fingerprint density at radius 3 is 2.52 bits per heavy atom. The lowest BCUT2D eigenvalue weighted by Gasteiger charge is -2.13. The number of rotatable bonds is 3. The Labute approximate surface area is 122 Å². The van der Waals surface area contributed by atoms with Gasteiger partial charge in [-0.05, 0) is 42.0 Å². The lowest BCUT2D eigenvalue weighted by molar-refractivity contribution is 0.0936. The number of furan rings is 1. The van der Waals surface area contributed by atoms with Crippen molar-refractivity contribution in [3.8, 4) is 0 Å². The van der Waals surface area contributed by atoms with Crippen molar-refractivity contribution in [2.24, 2.45) is 0 Å². The maximum atomic E-state index is 12.4. The van der Waals surface area contributed by atoms with Gasteiger partial charge in [-0.25, -0.2) is 0 Å². The third-order valence-electron chi connectivity index (χ3n) is 3.48. The lowest BCUT2D eigenvalue weighted by atomic mass is 10.0. The minimum Gasteiger partial charge on any atom is -0.467 e. The number of hydrogen-bond acceptors (Lipinski definition) is 3. The van der Waals surface area contributed by atoms with E-state index in [4.69, 9.17) is 10.2 Å². The highest BCUT2D eigenvalue weighted by Gasteiger charge is 2.16. The summed E-state index contributed by atoms with van der Waals surface area (Å²) in [7, 11) is 0. The summed E-state index contributed by atoms with van der Waals surface area (Å²) < 4.78 is 5.29. The zero-order valence-corrected chi connectivity index (χ0v) is 11.7. The number of carbonyl (C=O) groups excluding carboxylic acids is 1. The van der Waals surface area contributed by atoms with Crippen molar-refractivity contribution in [2.45, 2.75) is 13.0 Å². The van der Waals surface area contributed by atoms with Crippen LogP contribution in [0, 0.1) is 0 Å². The second-order valence-electron chi connectivity index (χ2n) is 5.00. The SMILES string of the molecule is CC(NC(=O)c1cc2ccccc2cc1N)c1ccco1. The Morgan fingerprint density at radius 1 is 1.14 bits per heavy atom. The number of amides is 1. The molecule has 1 heterocycles. The molecule has 21 heavy (non-hydrogen) atoms. The third-order valence-corrected chi connectivity index (χ3v) is 3.48. The van der Waals surface area contributed by atoms with Crippen LogP contribution in [0.3, 0.4) is 0 Å². The first kappa shape index (κ1) is 13.2. The van der Waals surface area contributed by atoms with E-state index in [1.807, 2.05) is 49.4 Å². The van der Waals surface area contributed by atoms with Crippen molar-refractivity contribution in [1.82, 2.24) is 5.32 Å². The number of benzene rings is 2. The van der Waals surface area contributed by atoms with Gasteiger partial charge in [-0.15, -0.1) is 0 Å². The first-order chi connectivity index (χ1) is 10.1. The molecule has 0 radical (unpaired) electrons. The minimum absolute atomic E-state index is 0.206. The molecular weight excluding hydrogens is 264 g/mol. The van der Waals surface area contributed by atoms with Crippen LogP contribution in [0.25, 0.3) is 10.8 Å². The molecule has 3 N–H and O–H groups in total. The molecule has 0 aliphatic heterocycles. The fourth-order valence-corrected chi connectivity index (χ4v) is 2.34. The predicted octanol–water partition coefficient (Wildman–Crippen LogP) is 3.51. The summed E-state index contributed by atoms with van der Waals surface area (Å²) in [5, 5.41) is 4.90. The van der Waals surface area contributed by atoms with Crippen LogP contribution in [0.5, 0.6) is 0 Å². The summed E-state index contributed by atoms with van der Waals surface area (Å²) in [5.74, 6) is 0.505. The molecule has 0 bridgehead atoms. The Morgan fingerprint density at radius 2 is 1.86 bits per heavy atom. The molecule has 0 aliphatic carbocycles. The van der Waals surface area contributed by atoms with Crippen molar-refractivity contribution in [3.05, 3.63) is 66.1 Å². The Bertz CT molecular complexity index is 779. The van der Waals surface area contributed by atoms with E-state index in [0.717, 1.165) is 10.8 Å². The molecule has 3 aromatic rings. The second-order valence-corrected chi connectivity index (χ2v) is 5.00. The number of carbonyl (C=O) groups is 1. The number of nitrogens with one attached hydrogen (secondary N) is 1. The van der Waals surface area contributed by atoms with Crippen molar-refractivity contribution in [2.75, 3.05) is 5.73 Å². The fraction of sp³-hybridized carbons (Fsp3) is 0.118. The summed E-state index contributed by atoms with van der Waals surface area (Å²) in [6, 6.07) is 14.9. The molecule has 0 aliphatic rings. The average molecular weight is 280 g/mol. The Balaban J connectivity index is 1.89. The van der Waals surface area contributed by atoms with E-state index in [1.165, 1.54) is 0 Å². The van der Waals surface area contributed by atoms with Gasteiger partial charge in [0.25, 0.3) is 5.91 Å². The first-order valence-electron chi connectivity index (χ1n) is 6.77. The molecule has 1 amide bonds. The van der Waals surface area contributed by atoms with Gasteiger partial charge >= 0.3 is 0 Å². The fourth-order valence-electron chi connectivity index (χ4n) is 2.34. The van der Waals surface area contributed by atoms with Gasteiger partial charge in [0, 0.05) is 5.69 Å². The number of anilines is 1. The standard InChI is InChI=1S/C17H16N2O2/c1-11(16-7-4-8-21-16)19-17(20)14-9-12-5-2-3-6-13(12)10-15(14)18/h2-11H,18H2,1H3,(H,19,20). The van der Waals surface area contributed by atoms with Gasteiger partial charge in [-0.2, -0.15) is 0 Å². The van der Waals surface area contributed by atoms with Crippen LogP contribution in [0.4, 0.5) is 5.69 Å². The molecule has 4 nitrogen and oxygen atoms in total. The van der Waals surface area contributed by atoms with Crippen LogP contribution in [-0.2, 0) is 0 Å². The van der Waals surface area contributed by atoms with Crippen LogP contribution >= 0.6 is 0 Å². The number of nitrogens with two attached hydrogens (primary N) is 1. The van der Waals surface area contributed by atoms with Gasteiger partial charge in [-0.3, -0.25) is 4.79 Å². The van der Waals surface area contributed by atoms with E-state index in [0.29, 0.717) is 17.0 Å². The summed E-state index contributed by atoms with van der Waals surface area (Å²) in [5.41, 5.74) is 6.95. The van der Waals surface area contributed by atoms with E-state index in [2.05, 4.69) is 5.32 Å². The van der Waals surface area contributed by atoms with E-state index in [-0.39, 0.29) is 11.9 Å². The van der Waals surface area contributed by atoms with E-state index < -0.39 is 0 Å². The van der Waals surface area contributed by atoms with Crippen LogP contribution < -0.4 is 11.1 Å². The van der Waals surface area contributed by atoms with Gasteiger partial charge in [0.15, 0.2) is 0 Å². The predicted molar refractivity (Wildman–Crippen MR) is 82.9 cm³/mol. The van der Waals surface area contributed by atoms with E-state index in [1.54, 1.807) is 12.3 Å². The van der Waals surface area contributed by atoms with Gasteiger partial charge in [0.2, 0.25) is 0 Å². The zero-order valence-electron chi connectivity index (χ0n) is 11.7. The molecule has 1 unspecified atom stereocenters. The molecule has 106 valence electrons. The molecule has 0 spiro atoms. The normalized spacial score (nSPS) is 12.2. The molecule has 0 saturated heterocycles. The molecule has 0 saturated carbocycles. The molecule has 3 rings (SSSR count). The van der Waals surface area contributed by atoms with Gasteiger partial charge in [0.05, 0.1) is 17.9 Å². The van der Waals surface area contributed by atoms with Crippen LogP contribution in [0.15, 0.2) is 59.2 Å². The highest BCUT2D eigenvalue weighted by Crippen LogP contribution is 2.23. The Hall–Kier alpha value is -2.75. The summed E-state index contributed by atoms with van der Waals surface area (Å²) in [6.07, 6.45) is 1.59. The van der Waals surface area contributed by atoms with Crippen molar-refractivity contribution < 1.29 is 9.21 Å².